The average Bonchev–Trinajstić information content (AvgIpc) is 2.93. The summed E-state index contributed by atoms with van der Waals surface area (Å²) in [5.74, 6) is 0.937. The van der Waals surface area contributed by atoms with Crippen molar-refractivity contribution in [2.45, 2.75) is 0 Å². The lowest BCUT2D eigenvalue weighted by atomic mass is 10.2. The molecule has 1 amide bonds. The fourth-order valence-electron chi connectivity index (χ4n) is 1.47. The van der Waals surface area contributed by atoms with Crippen LogP contribution in [0.4, 0.5) is 5.69 Å². The molecule has 0 radical (unpaired) electrons. The maximum atomic E-state index is 11.8. The van der Waals surface area contributed by atoms with E-state index in [9.17, 15) is 4.79 Å². The van der Waals surface area contributed by atoms with Gasteiger partial charge in [0.25, 0.3) is 5.91 Å². The minimum atomic E-state index is -0.257. The van der Waals surface area contributed by atoms with Crippen molar-refractivity contribution in [1.82, 2.24) is 10.2 Å². The number of ether oxygens (including phenoxy) is 2. The van der Waals surface area contributed by atoms with Crippen molar-refractivity contribution in [3.63, 3.8) is 0 Å². The molecule has 1 aromatic heterocycles. The van der Waals surface area contributed by atoms with Crippen LogP contribution in [0.5, 0.6) is 11.5 Å². The molecule has 0 aliphatic carbocycles. The van der Waals surface area contributed by atoms with Gasteiger partial charge < -0.3 is 14.8 Å². The van der Waals surface area contributed by atoms with Crippen LogP contribution >= 0.6 is 0 Å². The quantitative estimate of drug-likeness (QED) is 0.861. The molecule has 0 bridgehead atoms. The van der Waals surface area contributed by atoms with Crippen molar-refractivity contribution in [3.8, 4) is 11.5 Å². The Morgan fingerprint density at radius 2 is 2.17 bits per heavy atom. The first-order valence-corrected chi connectivity index (χ1v) is 5.26. The van der Waals surface area contributed by atoms with E-state index in [-0.39, 0.29) is 5.91 Å². The first-order chi connectivity index (χ1) is 8.74. The summed E-state index contributed by atoms with van der Waals surface area (Å²) in [4.78, 5) is 11.8. The smallest absolute Gasteiger partial charge is 0.258 e. The van der Waals surface area contributed by atoms with Crippen LogP contribution in [0, 0.1) is 0 Å². The summed E-state index contributed by atoms with van der Waals surface area (Å²) in [5, 5.41) is 9.03. The third-order valence-corrected chi connectivity index (χ3v) is 2.42. The predicted octanol–water partition coefficient (Wildman–Crippen LogP) is 1.68. The molecule has 0 saturated carbocycles. The molecule has 18 heavy (non-hydrogen) atoms. The Bertz CT molecular complexity index is 538. The number of rotatable bonds is 4. The number of methoxy groups -OCH3 is 2. The first-order valence-electron chi connectivity index (χ1n) is 5.26. The number of H-pyrrole nitrogens is 1. The van der Waals surface area contributed by atoms with Gasteiger partial charge >= 0.3 is 0 Å². The molecule has 94 valence electrons. The molecule has 0 aliphatic heterocycles. The summed E-state index contributed by atoms with van der Waals surface area (Å²) in [6, 6.07) is 5.16. The Hall–Kier alpha value is -2.50. The van der Waals surface area contributed by atoms with E-state index in [4.69, 9.17) is 9.47 Å². The highest BCUT2D eigenvalue weighted by Gasteiger charge is 2.11. The third kappa shape index (κ3) is 2.42. The molecule has 2 rings (SSSR count). The number of benzene rings is 1. The minimum absolute atomic E-state index is 0.257. The highest BCUT2D eigenvalue weighted by molar-refractivity contribution is 6.04. The Morgan fingerprint density at radius 1 is 1.33 bits per heavy atom. The largest absolute Gasteiger partial charge is 0.497 e. The number of hydrogen-bond acceptors (Lipinski definition) is 4. The number of carbonyl (C=O) groups excluding carboxylic acids is 1. The summed E-state index contributed by atoms with van der Waals surface area (Å²) in [7, 11) is 3.10. The lowest BCUT2D eigenvalue weighted by Crippen LogP contribution is -2.11. The lowest BCUT2D eigenvalue weighted by molar-refractivity contribution is 0.102. The Kier molecular flexibility index (Phi) is 3.47. The minimum Gasteiger partial charge on any atom is -0.497 e. The molecule has 2 aromatic rings. The summed E-state index contributed by atoms with van der Waals surface area (Å²) < 4.78 is 10.3. The van der Waals surface area contributed by atoms with Crippen LogP contribution in [0.1, 0.15) is 10.4 Å². The highest BCUT2D eigenvalue weighted by Crippen LogP contribution is 2.29. The molecule has 0 fully saturated rings. The molecule has 0 aliphatic rings. The number of nitrogens with zero attached hydrogens (tertiary/aromatic N) is 1. The lowest BCUT2D eigenvalue weighted by Gasteiger charge is -2.10. The highest BCUT2D eigenvalue weighted by atomic mass is 16.5. The number of anilines is 1. The van der Waals surface area contributed by atoms with E-state index < -0.39 is 0 Å². The van der Waals surface area contributed by atoms with Gasteiger partial charge in [-0.2, -0.15) is 5.10 Å². The van der Waals surface area contributed by atoms with E-state index in [0.29, 0.717) is 22.7 Å². The van der Waals surface area contributed by atoms with E-state index in [1.807, 2.05) is 0 Å². The Morgan fingerprint density at radius 3 is 2.78 bits per heavy atom. The summed E-state index contributed by atoms with van der Waals surface area (Å²) in [6.45, 7) is 0. The van der Waals surface area contributed by atoms with Crippen molar-refractivity contribution in [3.05, 3.63) is 36.2 Å². The van der Waals surface area contributed by atoms with Gasteiger partial charge in [0.15, 0.2) is 0 Å². The fraction of sp³-hybridized carbons (Fsp3) is 0.167. The molecule has 0 unspecified atom stereocenters. The van der Waals surface area contributed by atoms with Crippen molar-refractivity contribution in [2.24, 2.45) is 0 Å². The standard InChI is InChI=1S/C12H13N3O3/c1-17-9-3-4-10(11(5-9)18-2)15-12(16)8-6-13-14-7-8/h3-7H,1-2H3,(H,13,14)(H,15,16). The summed E-state index contributed by atoms with van der Waals surface area (Å²) in [6.07, 6.45) is 2.97. The topological polar surface area (TPSA) is 76.2 Å². The van der Waals surface area contributed by atoms with Gasteiger partial charge in [-0.1, -0.05) is 0 Å². The molecule has 1 aromatic carbocycles. The maximum absolute atomic E-state index is 11.8. The monoisotopic (exact) mass is 247 g/mol. The van der Waals surface area contributed by atoms with Gasteiger partial charge in [0.1, 0.15) is 11.5 Å². The fourth-order valence-corrected chi connectivity index (χ4v) is 1.47. The maximum Gasteiger partial charge on any atom is 0.258 e. The number of carbonyl (C=O) groups is 1. The normalized spacial score (nSPS) is 9.89. The molecular formula is C12H13N3O3. The zero-order chi connectivity index (χ0) is 13.0. The van der Waals surface area contributed by atoms with E-state index in [1.54, 1.807) is 25.3 Å². The molecule has 1 heterocycles. The number of aromatic nitrogens is 2. The van der Waals surface area contributed by atoms with Crippen LogP contribution < -0.4 is 14.8 Å². The Balaban J connectivity index is 2.21. The second-order valence-electron chi connectivity index (χ2n) is 3.51. The number of nitrogens with one attached hydrogen (secondary N) is 2. The molecular weight excluding hydrogens is 234 g/mol. The molecule has 0 spiro atoms. The van der Waals surface area contributed by atoms with E-state index in [1.165, 1.54) is 19.5 Å². The number of hydrogen-bond donors (Lipinski definition) is 2. The van der Waals surface area contributed by atoms with Crippen LogP contribution in [-0.4, -0.2) is 30.3 Å². The van der Waals surface area contributed by atoms with Crippen molar-refractivity contribution in [1.29, 1.82) is 0 Å². The van der Waals surface area contributed by atoms with Gasteiger partial charge in [-0.25, -0.2) is 0 Å². The van der Waals surface area contributed by atoms with Gasteiger partial charge in [0, 0.05) is 12.3 Å². The molecule has 0 atom stereocenters. The predicted molar refractivity (Wildman–Crippen MR) is 66.1 cm³/mol. The van der Waals surface area contributed by atoms with Crippen LogP contribution in [0.15, 0.2) is 30.6 Å². The van der Waals surface area contributed by atoms with Crippen LogP contribution in [0.25, 0.3) is 0 Å². The van der Waals surface area contributed by atoms with E-state index >= 15 is 0 Å². The van der Waals surface area contributed by atoms with Gasteiger partial charge in [-0.05, 0) is 12.1 Å². The number of aromatic amines is 1. The zero-order valence-electron chi connectivity index (χ0n) is 10.1. The first kappa shape index (κ1) is 12.0. The molecule has 0 saturated heterocycles. The van der Waals surface area contributed by atoms with E-state index in [0.717, 1.165) is 0 Å². The zero-order valence-corrected chi connectivity index (χ0v) is 10.1. The van der Waals surface area contributed by atoms with Crippen LogP contribution in [-0.2, 0) is 0 Å². The molecule has 6 nitrogen and oxygen atoms in total. The molecule has 2 N–H and O–H groups in total. The SMILES string of the molecule is COc1ccc(NC(=O)c2cn[nH]c2)c(OC)c1. The van der Waals surface area contributed by atoms with Gasteiger partial charge in [0.05, 0.1) is 31.7 Å². The second kappa shape index (κ2) is 5.22. The molecule has 6 heteroatoms. The average molecular weight is 247 g/mol. The van der Waals surface area contributed by atoms with Crippen molar-refractivity contribution < 1.29 is 14.3 Å². The van der Waals surface area contributed by atoms with E-state index in [2.05, 4.69) is 15.5 Å². The van der Waals surface area contributed by atoms with Crippen molar-refractivity contribution >= 4 is 11.6 Å². The third-order valence-electron chi connectivity index (χ3n) is 2.42. The number of amides is 1. The van der Waals surface area contributed by atoms with Gasteiger partial charge in [-0.15, -0.1) is 0 Å². The summed E-state index contributed by atoms with van der Waals surface area (Å²) >= 11 is 0. The van der Waals surface area contributed by atoms with Crippen LogP contribution in [0.3, 0.4) is 0 Å². The summed E-state index contributed by atoms with van der Waals surface area (Å²) in [5.41, 5.74) is 1.03. The second-order valence-corrected chi connectivity index (χ2v) is 3.51. The van der Waals surface area contributed by atoms with Crippen LogP contribution in [0.2, 0.25) is 0 Å². The Labute approximate surface area is 104 Å². The van der Waals surface area contributed by atoms with Gasteiger partial charge in [0.2, 0.25) is 0 Å². The van der Waals surface area contributed by atoms with Crippen molar-refractivity contribution in [2.75, 3.05) is 19.5 Å². The van der Waals surface area contributed by atoms with Gasteiger partial charge in [-0.3, -0.25) is 9.89 Å².